The lowest BCUT2D eigenvalue weighted by Gasteiger charge is -2.32. The fourth-order valence-electron chi connectivity index (χ4n) is 2.87. The molecular formula is C16H15F2N3O2. The van der Waals surface area contributed by atoms with Crippen LogP contribution in [0.3, 0.4) is 0 Å². The molecule has 0 unspecified atom stereocenters. The lowest BCUT2D eigenvalue weighted by molar-refractivity contribution is 0.0701. The summed E-state index contributed by atoms with van der Waals surface area (Å²) in [4.78, 5) is 31.5. The van der Waals surface area contributed by atoms with Crippen molar-refractivity contribution in [3.63, 3.8) is 0 Å². The number of aromatic amines is 1. The summed E-state index contributed by atoms with van der Waals surface area (Å²) in [6.45, 7) is 0.872. The number of carbonyl (C=O) groups is 1. The maximum absolute atomic E-state index is 13.8. The highest BCUT2D eigenvalue weighted by atomic mass is 19.1. The van der Waals surface area contributed by atoms with Crippen molar-refractivity contribution < 1.29 is 13.6 Å². The summed E-state index contributed by atoms with van der Waals surface area (Å²) in [7, 11) is 0. The second kappa shape index (κ2) is 6.28. The van der Waals surface area contributed by atoms with Crippen LogP contribution < -0.4 is 5.69 Å². The van der Waals surface area contributed by atoms with Crippen molar-refractivity contribution in [3.05, 3.63) is 63.8 Å². The van der Waals surface area contributed by atoms with Gasteiger partial charge in [0, 0.05) is 37.0 Å². The number of nitrogens with zero attached hydrogens (tertiary/aromatic N) is 2. The molecule has 2 aromatic rings. The predicted octanol–water partition coefficient (Wildman–Crippen LogP) is 2.07. The van der Waals surface area contributed by atoms with E-state index in [4.69, 9.17) is 0 Å². The molecule has 1 fully saturated rings. The van der Waals surface area contributed by atoms with E-state index >= 15 is 0 Å². The molecule has 1 atom stereocenters. The van der Waals surface area contributed by atoms with Crippen LogP contribution in [0.5, 0.6) is 0 Å². The molecule has 1 N–H and O–H groups in total. The van der Waals surface area contributed by atoms with E-state index < -0.39 is 23.2 Å². The number of likely N-dealkylation sites (tertiary alicyclic amines) is 1. The van der Waals surface area contributed by atoms with Crippen molar-refractivity contribution in [3.8, 4) is 0 Å². The van der Waals surface area contributed by atoms with Crippen molar-refractivity contribution in [2.45, 2.75) is 18.8 Å². The number of benzene rings is 1. The fourth-order valence-corrected chi connectivity index (χ4v) is 2.87. The molecule has 1 aromatic heterocycles. The number of piperidine rings is 1. The van der Waals surface area contributed by atoms with E-state index in [-0.39, 0.29) is 11.5 Å². The SMILES string of the molecule is O=C(c1ccc(F)cc1F)N1CCC[C@H](c2ccnc(=O)[nH]2)C1. The number of aromatic nitrogens is 2. The van der Waals surface area contributed by atoms with Crippen LogP contribution in [0.4, 0.5) is 8.78 Å². The maximum Gasteiger partial charge on any atom is 0.345 e. The van der Waals surface area contributed by atoms with Gasteiger partial charge in [-0.3, -0.25) is 4.79 Å². The second-order valence-corrected chi connectivity index (χ2v) is 5.54. The Hall–Kier alpha value is -2.57. The molecule has 3 rings (SSSR count). The fraction of sp³-hybridized carbons (Fsp3) is 0.312. The van der Waals surface area contributed by atoms with Gasteiger partial charge in [0.2, 0.25) is 0 Å². The van der Waals surface area contributed by atoms with Gasteiger partial charge >= 0.3 is 5.69 Å². The first-order chi connectivity index (χ1) is 11.0. The standard InChI is InChI=1S/C16H15F2N3O2/c17-11-3-4-12(13(18)8-11)15(22)21-7-1-2-10(9-21)14-5-6-19-16(23)20-14/h3-6,8,10H,1-2,7,9H2,(H,19,20,23)/t10-/m0/s1. The van der Waals surface area contributed by atoms with E-state index in [1.807, 2.05) is 0 Å². The summed E-state index contributed by atoms with van der Waals surface area (Å²) in [5.41, 5.74) is 0.132. The third kappa shape index (κ3) is 3.28. The van der Waals surface area contributed by atoms with Gasteiger partial charge in [0.1, 0.15) is 11.6 Å². The Morgan fingerprint density at radius 3 is 2.87 bits per heavy atom. The van der Waals surface area contributed by atoms with Gasteiger partial charge in [-0.15, -0.1) is 0 Å². The van der Waals surface area contributed by atoms with Crippen LogP contribution in [-0.4, -0.2) is 33.9 Å². The van der Waals surface area contributed by atoms with Crippen LogP contribution in [0.15, 0.2) is 35.3 Å². The highest BCUT2D eigenvalue weighted by Gasteiger charge is 2.27. The van der Waals surface area contributed by atoms with Crippen molar-refractivity contribution in [1.29, 1.82) is 0 Å². The summed E-state index contributed by atoms with van der Waals surface area (Å²) < 4.78 is 26.8. The zero-order valence-electron chi connectivity index (χ0n) is 12.3. The highest BCUT2D eigenvalue weighted by Crippen LogP contribution is 2.26. The number of H-pyrrole nitrogens is 1. The molecule has 1 saturated heterocycles. The van der Waals surface area contributed by atoms with E-state index in [1.165, 1.54) is 11.1 Å². The topological polar surface area (TPSA) is 66.1 Å². The van der Waals surface area contributed by atoms with E-state index in [2.05, 4.69) is 9.97 Å². The van der Waals surface area contributed by atoms with Crippen molar-refractivity contribution in [1.82, 2.24) is 14.9 Å². The third-order valence-corrected chi connectivity index (χ3v) is 4.01. The molecule has 23 heavy (non-hydrogen) atoms. The van der Waals surface area contributed by atoms with Gasteiger partial charge in [-0.1, -0.05) is 0 Å². The zero-order chi connectivity index (χ0) is 16.4. The Morgan fingerprint density at radius 2 is 2.13 bits per heavy atom. The monoisotopic (exact) mass is 319 g/mol. The molecule has 0 bridgehead atoms. The minimum absolute atomic E-state index is 0.0353. The largest absolute Gasteiger partial charge is 0.345 e. The lowest BCUT2D eigenvalue weighted by Crippen LogP contribution is -2.40. The average molecular weight is 319 g/mol. The number of rotatable bonds is 2. The molecule has 0 saturated carbocycles. The highest BCUT2D eigenvalue weighted by molar-refractivity contribution is 5.94. The minimum atomic E-state index is -0.866. The van der Waals surface area contributed by atoms with Gasteiger partial charge in [0.15, 0.2) is 0 Å². The number of carbonyl (C=O) groups excluding carboxylic acids is 1. The Labute approximate surface area is 131 Å². The molecule has 1 aliphatic heterocycles. The third-order valence-electron chi connectivity index (χ3n) is 4.01. The molecule has 0 radical (unpaired) electrons. The Morgan fingerprint density at radius 1 is 1.30 bits per heavy atom. The molecule has 1 aromatic carbocycles. The second-order valence-electron chi connectivity index (χ2n) is 5.54. The van der Waals surface area contributed by atoms with E-state index in [9.17, 15) is 18.4 Å². The summed E-state index contributed by atoms with van der Waals surface area (Å²) in [6.07, 6.45) is 2.98. The van der Waals surface area contributed by atoms with E-state index in [1.54, 1.807) is 6.07 Å². The van der Waals surface area contributed by atoms with Crippen LogP contribution >= 0.6 is 0 Å². The molecule has 0 aliphatic carbocycles. The maximum atomic E-state index is 13.8. The van der Waals surface area contributed by atoms with Gasteiger partial charge in [0.05, 0.1) is 5.56 Å². The number of amides is 1. The van der Waals surface area contributed by atoms with Crippen LogP contribution in [-0.2, 0) is 0 Å². The average Bonchev–Trinajstić information content (AvgIpc) is 2.54. The quantitative estimate of drug-likeness (QED) is 0.921. The predicted molar refractivity (Wildman–Crippen MR) is 79.1 cm³/mol. The molecule has 2 heterocycles. The summed E-state index contributed by atoms with van der Waals surface area (Å²) in [6, 6.07) is 4.64. The molecule has 5 nitrogen and oxygen atoms in total. The first kappa shape index (κ1) is 15.3. The number of hydrogen-bond donors (Lipinski definition) is 1. The van der Waals surface area contributed by atoms with Crippen molar-refractivity contribution >= 4 is 5.91 Å². The van der Waals surface area contributed by atoms with Gasteiger partial charge < -0.3 is 9.88 Å². The van der Waals surface area contributed by atoms with Crippen molar-refractivity contribution in [2.24, 2.45) is 0 Å². The van der Waals surface area contributed by atoms with Gasteiger partial charge in [-0.05, 0) is 31.0 Å². The van der Waals surface area contributed by atoms with Crippen molar-refractivity contribution in [2.75, 3.05) is 13.1 Å². The lowest BCUT2D eigenvalue weighted by atomic mass is 9.94. The van der Waals surface area contributed by atoms with Gasteiger partial charge in [-0.25, -0.2) is 18.6 Å². The first-order valence-electron chi connectivity index (χ1n) is 7.34. The van der Waals surface area contributed by atoms with Crippen LogP contribution in [0, 0.1) is 11.6 Å². The number of hydrogen-bond acceptors (Lipinski definition) is 3. The van der Waals surface area contributed by atoms with Crippen LogP contribution in [0.2, 0.25) is 0 Å². The Kier molecular flexibility index (Phi) is 4.18. The Balaban J connectivity index is 1.80. The normalized spacial score (nSPS) is 18.0. The van der Waals surface area contributed by atoms with E-state index in [0.717, 1.165) is 25.0 Å². The van der Waals surface area contributed by atoms with Crippen LogP contribution in [0.1, 0.15) is 34.8 Å². The molecular weight excluding hydrogens is 304 g/mol. The van der Waals surface area contributed by atoms with Gasteiger partial charge in [-0.2, -0.15) is 0 Å². The number of halogens is 2. The molecule has 0 spiro atoms. The molecule has 1 aliphatic rings. The molecule has 1 amide bonds. The van der Waals surface area contributed by atoms with Crippen LogP contribution in [0.25, 0.3) is 0 Å². The minimum Gasteiger partial charge on any atom is -0.338 e. The molecule has 7 heteroatoms. The smallest absolute Gasteiger partial charge is 0.338 e. The summed E-state index contributed by atoms with van der Waals surface area (Å²) >= 11 is 0. The first-order valence-corrected chi connectivity index (χ1v) is 7.34. The summed E-state index contributed by atoms with van der Waals surface area (Å²) in [5.74, 6) is -2.09. The van der Waals surface area contributed by atoms with E-state index in [0.29, 0.717) is 24.8 Å². The van der Waals surface area contributed by atoms with Gasteiger partial charge in [0.25, 0.3) is 5.91 Å². The summed E-state index contributed by atoms with van der Waals surface area (Å²) in [5, 5.41) is 0. The Bertz CT molecular complexity index is 791. The number of nitrogens with one attached hydrogen (secondary N) is 1. The zero-order valence-corrected chi connectivity index (χ0v) is 12.3. The molecule has 120 valence electrons.